The summed E-state index contributed by atoms with van der Waals surface area (Å²) < 4.78 is 17.6. The van der Waals surface area contributed by atoms with Gasteiger partial charge >= 0.3 is 0 Å². The predicted octanol–water partition coefficient (Wildman–Crippen LogP) is 3.53. The van der Waals surface area contributed by atoms with Crippen LogP contribution in [0.5, 0.6) is 17.2 Å². The summed E-state index contributed by atoms with van der Waals surface area (Å²) >= 11 is 0. The van der Waals surface area contributed by atoms with Gasteiger partial charge in [0.1, 0.15) is 12.1 Å². The number of anilines is 1. The molecule has 2 N–H and O–H groups in total. The van der Waals surface area contributed by atoms with Gasteiger partial charge in [-0.3, -0.25) is 0 Å². The first-order chi connectivity index (χ1) is 10.7. The van der Waals surface area contributed by atoms with E-state index in [4.69, 9.17) is 19.9 Å². The van der Waals surface area contributed by atoms with Crippen molar-refractivity contribution in [1.82, 2.24) is 9.55 Å². The summed E-state index contributed by atoms with van der Waals surface area (Å²) in [6, 6.07) is 3.64. The third-order valence-electron chi connectivity index (χ3n) is 2.55. The summed E-state index contributed by atoms with van der Waals surface area (Å²) in [5.74, 6) is 2.17. The molecule has 1 aromatic carbocycles. The Kier molecular flexibility index (Phi) is 9.25. The molecule has 0 saturated carbocycles. The minimum absolute atomic E-state index is 0.448. The number of aromatic nitrogens is 2. The van der Waals surface area contributed by atoms with Crippen molar-refractivity contribution in [3.63, 3.8) is 0 Å². The van der Waals surface area contributed by atoms with Crippen molar-refractivity contribution in [3.8, 4) is 22.9 Å². The Morgan fingerprint density at radius 1 is 0.909 bits per heavy atom. The van der Waals surface area contributed by atoms with Crippen LogP contribution in [0.4, 0.5) is 5.82 Å². The van der Waals surface area contributed by atoms with Crippen LogP contribution < -0.4 is 19.9 Å². The molecule has 0 aliphatic carbocycles. The van der Waals surface area contributed by atoms with Gasteiger partial charge in [0.05, 0.1) is 33.2 Å². The number of benzene rings is 1. The summed E-state index contributed by atoms with van der Waals surface area (Å²) in [4.78, 5) is 3.97. The molecule has 2 aromatic rings. The number of ether oxygens (including phenoxy) is 3. The lowest BCUT2D eigenvalue weighted by Gasteiger charge is -2.14. The van der Waals surface area contributed by atoms with Crippen LogP contribution in [-0.2, 0) is 0 Å². The molecular weight excluding hydrogens is 282 g/mol. The first kappa shape index (κ1) is 19.6. The molecule has 0 amide bonds. The normalized spacial score (nSPS) is 8.86. The minimum Gasteiger partial charge on any atom is -0.493 e. The van der Waals surface area contributed by atoms with Crippen LogP contribution in [0.2, 0.25) is 0 Å². The Hall–Kier alpha value is -2.37. The van der Waals surface area contributed by atoms with Gasteiger partial charge in [-0.2, -0.15) is 0 Å². The van der Waals surface area contributed by atoms with Gasteiger partial charge in [0.2, 0.25) is 5.75 Å². The Labute approximate surface area is 132 Å². The van der Waals surface area contributed by atoms with Crippen molar-refractivity contribution in [3.05, 3.63) is 24.7 Å². The van der Waals surface area contributed by atoms with Gasteiger partial charge in [0.15, 0.2) is 11.5 Å². The zero-order chi connectivity index (χ0) is 17.1. The largest absolute Gasteiger partial charge is 0.493 e. The number of methoxy groups -OCH3 is 3. The van der Waals surface area contributed by atoms with Crippen molar-refractivity contribution >= 4 is 5.82 Å². The molecule has 0 aliphatic rings. The van der Waals surface area contributed by atoms with E-state index in [0.717, 1.165) is 5.69 Å². The molecular formula is C16H27N3O3. The highest BCUT2D eigenvalue weighted by molar-refractivity contribution is 5.58. The van der Waals surface area contributed by atoms with E-state index in [-0.39, 0.29) is 0 Å². The molecule has 6 nitrogen and oxygen atoms in total. The highest BCUT2D eigenvalue weighted by atomic mass is 16.5. The monoisotopic (exact) mass is 309 g/mol. The van der Waals surface area contributed by atoms with E-state index in [2.05, 4.69) is 4.98 Å². The summed E-state index contributed by atoms with van der Waals surface area (Å²) in [6.45, 7) is 8.00. The molecule has 22 heavy (non-hydrogen) atoms. The lowest BCUT2D eigenvalue weighted by molar-refractivity contribution is 0.324. The maximum Gasteiger partial charge on any atom is 0.203 e. The maximum absolute atomic E-state index is 5.59. The number of imidazole rings is 1. The molecule has 0 atom stereocenters. The average Bonchev–Trinajstić information content (AvgIpc) is 3.03. The molecule has 2 rings (SSSR count). The van der Waals surface area contributed by atoms with E-state index in [1.807, 2.05) is 39.8 Å². The summed E-state index contributed by atoms with van der Waals surface area (Å²) in [5.41, 5.74) is 6.42. The first-order valence-electron chi connectivity index (χ1n) is 7.29. The van der Waals surface area contributed by atoms with Gasteiger partial charge in [-0.05, 0) is 0 Å². The second-order valence-electron chi connectivity index (χ2n) is 3.59. The van der Waals surface area contributed by atoms with E-state index in [0.29, 0.717) is 23.1 Å². The van der Waals surface area contributed by atoms with Crippen LogP contribution in [0.1, 0.15) is 27.7 Å². The van der Waals surface area contributed by atoms with E-state index in [9.17, 15) is 0 Å². The topological polar surface area (TPSA) is 71.5 Å². The van der Waals surface area contributed by atoms with Gasteiger partial charge < -0.3 is 24.5 Å². The molecule has 6 heteroatoms. The molecule has 0 radical (unpaired) electrons. The van der Waals surface area contributed by atoms with Crippen LogP contribution in [0.3, 0.4) is 0 Å². The van der Waals surface area contributed by atoms with Crippen molar-refractivity contribution in [1.29, 1.82) is 0 Å². The van der Waals surface area contributed by atoms with Gasteiger partial charge in [0.25, 0.3) is 0 Å². The molecule has 124 valence electrons. The quantitative estimate of drug-likeness (QED) is 0.935. The van der Waals surface area contributed by atoms with Crippen LogP contribution in [0.25, 0.3) is 5.69 Å². The van der Waals surface area contributed by atoms with Crippen LogP contribution >= 0.6 is 0 Å². The molecule has 0 unspecified atom stereocenters. The summed E-state index contributed by atoms with van der Waals surface area (Å²) in [6.07, 6.45) is 3.33. The fourth-order valence-corrected chi connectivity index (χ4v) is 1.70. The first-order valence-corrected chi connectivity index (χ1v) is 7.29. The van der Waals surface area contributed by atoms with E-state index in [1.165, 1.54) is 0 Å². The molecule has 1 aromatic heterocycles. The molecule has 0 aliphatic heterocycles. The third-order valence-corrected chi connectivity index (χ3v) is 2.55. The summed E-state index contributed by atoms with van der Waals surface area (Å²) in [7, 11) is 4.71. The van der Waals surface area contributed by atoms with Crippen LogP contribution in [0.15, 0.2) is 24.7 Å². The number of nitrogens with two attached hydrogens (primary N) is 1. The zero-order valence-corrected chi connectivity index (χ0v) is 14.5. The van der Waals surface area contributed by atoms with E-state index < -0.39 is 0 Å². The maximum atomic E-state index is 5.59. The van der Waals surface area contributed by atoms with E-state index >= 15 is 0 Å². The average molecular weight is 309 g/mol. The van der Waals surface area contributed by atoms with Crippen molar-refractivity contribution in [2.45, 2.75) is 27.7 Å². The van der Waals surface area contributed by atoms with Gasteiger partial charge in [-0.15, -0.1) is 0 Å². The number of nitrogen functional groups attached to an aromatic ring is 1. The number of rotatable bonds is 4. The fourth-order valence-electron chi connectivity index (χ4n) is 1.70. The minimum atomic E-state index is 0.448. The Morgan fingerprint density at radius 2 is 1.41 bits per heavy atom. The van der Waals surface area contributed by atoms with E-state index in [1.54, 1.807) is 38.4 Å². The molecule has 0 saturated heterocycles. The van der Waals surface area contributed by atoms with Crippen LogP contribution in [0, 0.1) is 0 Å². The smallest absolute Gasteiger partial charge is 0.203 e. The van der Waals surface area contributed by atoms with Crippen molar-refractivity contribution in [2.75, 3.05) is 27.1 Å². The third kappa shape index (κ3) is 4.58. The highest BCUT2D eigenvalue weighted by Crippen LogP contribution is 2.39. The Balaban J connectivity index is 0.00000102. The Morgan fingerprint density at radius 3 is 1.73 bits per heavy atom. The number of hydrogen-bond donors (Lipinski definition) is 1. The van der Waals surface area contributed by atoms with Gasteiger partial charge in [-0.25, -0.2) is 4.98 Å². The number of hydrogen-bond acceptors (Lipinski definition) is 5. The lowest BCUT2D eigenvalue weighted by atomic mass is 10.2. The zero-order valence-electron chi connectivity index (χ0n) is 14.5. The lowest BCUT2D eigenvalue weighted by Crippen LogP contribution is -1.98. The standard InChI is InChI=1S/C12H15N3O3.2C2H6/c1-16-9-4-8(15-6-11(13)14-7-15)5-10(17-2)12(9)18-3;2*1-2/h4-7H,13H2,1-3H3;2*1-2H3. The molecule has 0 fully saturated rings. The van der Waals surface area contributed by atoms with Gasteiger partial charge in [-0.1, -0.05) is 27.7 Å². The highest BCUT2D eigenvalue weighted by Gasteiger charge is 2.14. The SMILES string of the molecule is CC.CC.COc1cc(-n2cnc(N)c2)cc(OC)c1OC. The number of nitrogens with zero attached hydrogens (tertiary/aromatic N) is 2. The second-order valence-corrected chi connectivity index (χ2v) is 3.59. The van der Waals surface area contributed by atoms with Crippen molar-refractivity contribution in [2.24, 2.45) is 0 Å². The predicted molar refractivity (Wildman–Crippen MR) is 90.3 cm³/mol. The molecule has 1 heterocycles. The van der Waals surface area contributed by atoms with Crippen molar-refractivity contribution < 1.29 is 14.2 Å². The summed E-state index contributed by atoms with van der Waals surface area (Å²) in [5, 5.41) is 0. The van der Waals surface area contributed by atoms with Gasteiger partial charge in [0, 0.05) is 12.1 Å². The molecule has 0 spiro atoms. The second kappa shape index (κ2) is 10.4. The Bertz CT molecular complexity index is 528. The van der Waals surface area contributed by atoms with Crippen LogP contribution in [-0.4, -0.2) is 30.9 Å². The fraction of sp³-hybridized carbons (Fsp3) is 0.438. The molecule has 0 bridgehead atoms.